The van der Waals surface area contributed by atoms with Crippen molar-refractivity contribution in [2.45, 2.75) is 37.8 Å². The highest BCUT2D eigenvalue weighted by atomic mass is 16.1. The number of Topliss-reactive ketones (excluding diaryl/α,β-unsaturated/α-hetero) is 1. The molecule has 0 aromatic carbocycles. The van der Waals surface area contributed by atoms with Gasteiger partial charge in [0.1, 0.15) is 11.8 Å². The largest absolute Gasteiger partial charge is 0.311 e. The molecule has 0 amide bonds. The molecule has 0 radical (unpaired) electrons. The van der Waals surface area contributed by atoms with Gasteiger partial charge in [-0.2, -0.15) is 5.26 Å². The Hall–Kier alpha value is -1.73. The van der Waals surface area contributed by atoms with E-state index in [0.717, 1.165) is 12.8 Å². The molecule has 2 saturated heterocycles. The van der Waals surface area contributed by atoms with E-state index in [1.54, 1.807) is 12.1 Å². The van der Waals surface area contributed by atoms with Crippen LogP contribution in [-0.2, 0) is 0 Å². The van der Waals surface area contributed by atoms with Gasteiger partial charge in [0.15, 0.2) is 5.78 Å². The fourth-order valence-electron chi connectivity index (χ4n) is 3.11. The number of carbonyl (C=O) groups excluding carboxylic acids is 1. The van der Waals surface area contributed by atoms with Gasteiger partial charge >= 0.3 is 0 Å². The summed E-state index contributed by atoms with van der Waals surface area (Å²) in [6, 6.07) is 6.33. The van der Waals surface area contributed by atoms with Crippen molar-refractivity contribution < 1.29 is 4.79 Å². The van der Waals surface area contributed by atoms with Gasteiger partial charge in [0.25, 0.3) is 0 Å². The number of aromatic nitrogens is 1. The number of hydrogen-bond acceptors (Lipinski definition) is 4. The first-order valence-corrected chi connectivity index (χ1v) is 6.42. The molecule has 0 aliphatic carbocycles. The number of nitrogens with zero attached hydrogens (tertiary/aromatic N) is 2. The highest BCUT2D eigenvalue weighted by Gasteiger charge is 2.36. The average Bonchev–Trinajstić information content (AvgIpc) is 2.77. The summed E-state index contributed by atoms with van der Waals surface area (Å²) in [5.74, 6) is 0.309. The van der Waals surface area contributed by atoms with Crippen LogP contribution in [0.1, 0.15) is 41.7 Å². The second kappa shape index (κ2) is 4.51. The number of nitriles is 1. The summed E-state index contributed by atoms with van der Waals surface area (Å²) in [7, 11) is 0. The molecule has 4 nitrogen and oxygen atoms in total. The van der Waals surface area contributed by atoms with Gasteiger partial charge in [0, 0.05) is 29.8 Å². The van der Waals surface area contributed by atoms with Crippen LogP contribution in [0.25, 0.3) is 0 Å². The molecule has 4 heteroatoms. The Bertz CT molecular complexity index is 491. The average molecular weight is 241 g/mol. The summed E-state index contributed by atoms with van der Waals surface area (Å²) in [6.07, 6.45) is 5.80. The maximum atomic E-state index is 12.4. The van der Waals surface area contributed by atoms with E-state index >= 15 is 0 Å². The fourth-order valence-corrected chi connectivity index (χ4v) is 3.11. The Morgan fingerprint density at radius 3 is 2.61 bits per heavy atom. The van der Waals surface area contributed by atoms with Crippen LogP contribution in [0.15, 0.2) is 18.3 Å². The van der Waals surface area contributed by atoms with E-state index < -0.39 is 0 Å². The maximum Gasteiger partial charge on any atom is 0.167 e. The Balaban J connectivity index is 1.76. The number of pyridine rings is 1. The quantitative estimate of drug-likeness (QED) is 0.800. The lowest BCUT2D eigenvalue weighted by Crippen LogP contribution is -2.40. The fraction of sp³-hybridized carbons (Fsp3) is 0.500. The monoisotopic (exact) mass is 241 g/mol. The van der Waals surface area contributed by atoms with Crippen LogP contribution in [0.3, 0.4) is 0 Å². The van der Waals surface area contributed by atoms with Crippen molar-refractivity contribution in [1.29, 1.82) is 5.26 Å². The van der Waals surface area contributed by atoms with E-state index in [9.17, 15) is 4.79 Å². The standard InChI is InChI=1S/C14H15N3O/c15-7-13-2-1-9(8-16-13)14(18)10-5-11-3-4-12(6-10)17-11/h1-2,8,10-12,17H,3-6H2. The summed E-state index contributed by atoms with van der Waals surface area (Å²) in [6.45, 7) is 0. The normalized spacial score (nSPS) is 29.8. The summed E-state index contributed by atoms with van der Waals surface area (Å²) in [5.41, 5.74) is 0.997. The highest BCUT2D eigenvalue weighted by molar-refractivity contribution is 5.97. The Labute approximate surface area is 106 Å². The minimum absolute atomic E-state index is 0.124. The van der Waals surface area contributed by atoms with Gasteiger partial charge in [-0.05, 0) is 37.8 Å². The first-order valence-electron chi connectivity index (χ1n) is 6.42. The molecule has 2 unspecified atom stereocenters. The number of fused-ring (bicyclic) bond motifs is 2. The van der Waals surface area contributed by atoms with Crippen LogP contribution >= 0.6 is 0 Å². The van der Waals surface area contributed by atoms with E-state index in [2.05, 4.69) is 10.3 Å². The smallest absolute Gasteiger partial charge is 0.167 e. The second-order valence-corrected chi connectivity index (χ2v) is 5.21. The summed E-state index contributed by atoms with van der Waals surface area (Å²) in [4.78, 5) is 16.3. The van der Waals surface area contributed by atoms with E-state index in [1.807, 2.05) is 6.07 Å². The molecule has 3 rings (SSSR count). The lowest BCUT2D eigenvalue weighted by molar-refractivity contribution is 0.0875. The van der Waals surface area contributed by atoms with Crippen molar-refractivity contribution in [2.24, 2.45) is 5.92 Å². The molecule has 1 aromatic heterocycles. The summed E-state index contributed by atoms with van der Waals surface area (Å²) < 4.78 is 0. The topological polar surface area (TPSA) is 65.8 Å². The number of nitrogens with one attached hydrogen (secondary N) is 1. The molecule has 2 aliphatic rings. The maximum absolute atomic E-state index is 12.4. The SMILES string of the molecule is N#Cc1ccc(C(=O)C2CC3CCC(C2)N3)cn1. The Kier molecular flexibility index (Phi) is 2.85. The van der Waals surface area contributed by atoms with E-state index in [-0.39, 0.29) is 11.7 Å². The number of piperidine rings is 1. The van der Waals surface area contributed by atoms with Crippen molar-refractivity contribution in [3.8, 4) is 6.07 Å². The minimum Gasteiger partial charge on any atom is -0.311 e. The molecular formula is C14H15N3O. The minimum atomic E-state index is 0.124. The van der Waals surface area contributed by atoms with E-state index in [4.69, 9.17) is 5.26 Å². The molecular weight excluding hydrogens is 226 g/mol. The number of rotatable bonds is 2. The first kappa shape index (κ1) is 11.4. The van der Waals surface area contributed by atoms with Crippen LogP contribution in [0.5, 0.6) is 0 Å². The highest BCUT2D eigenvalue weighted by Crippen LogP contribution is 2.32. The molecule has 2 fully saturated rings. The van der Waals surface area contributed by atoms with Crippen molar-refractivity contribution in [1.82, 2.24) is 10.3 Å². The van der Waals surface area contributed by atoms with Crippen molar-refractivity contribution in [2.75, 3.05) is 0 Å². The Morgan fingerprint density at radius 2 is 2.06 bits per heavy atom. The molecule has 2 bridgehead atoms. The van der Waals surface area contributed by atoms with Crippen molar-refractivity contribution >= 4 is 5.78 Å². The van der Waals surface area contributed by atoms with E-state index in [1.165, 1.54) is 19.0 Å². The van der Waals surface area contributed by atoms with Gasteiger partial charge in [0.05, 0.1) is 0 Å². The third-order valence-corrected chi connectivity index (χ3v) is 4.01. The van der Waals surface area contributed by atoms with Crippen molar-refractivity contribution in [3.63, 3.8) is 0 Å². The third-order valence-electron chi connectivity index (χ3n) is 4.01. The zero-order valence-corrected chi connectivity index (χ0v) is 10.1. The molecule has 0 saturated carbocycles. The summed E-state index contributed by atoms with van der Waals surface area (Å²) >= 11 is 0. The van der Waals surface area contributed by atoms with Gasteiger partial charge in [-0.1, -0.05) is 0 Å². The predicted octanol–water partition coefficient (Wildman–Crippen LogP) is 1.67. The molecule has 2 aliphatic heterocycles. The number of carbonyl (C=O) groups is 1. The molecule has 3 heterocycles. The van der Waals surface area contributed by atoms with Crippen LogP contribution in [0, 0.1) is 17.2 Å². The first-order chi connectivity index (χ1) is 8.76. The second-order valence-electron chi connectivity index (χ2n) is 5.21. The van der Waals surface area contributed by atoms with Crippen LogP contribution < -0.4 is 5.32 Å². The summed E-state index contributed by atoms with van der Waals surface area (Å²) in [5, 5.41) is 12.2. The lowest BCUT2D eigenvalue weighted by atomic mass is 9.86. The number of ketones is 1. The van der Waals surface area contributed by atoms with Gasteiger partial charge in [-0.15, -0.1) is 0 Å². The number of hydrogen-bond donors (Lipinski definition) is 1. The van der Waals surface area contributed by atoms with Crippen LogP contribution in [-0.4, -0.2) is 22.9 Å². The van der Waals surface area contributed by atoms with Crippen molar-refractivity contribution in [3.05, 3.63) is 29.6 Å². The predicted molar refractivity (Wildman–Crippen MR) is 66.0 cm³/mol. The molecule has 18 heavy (non-hydrogen) atoms. The van der Waals surface area contributed by atoms with Gasteiger partial charge in [0.2, 0.25) is 0 Å². The zero-order valence-electron chi connectivity index (χ0n) is 10.1. The van der Waals surface area contributed by atoms with Crippen LogP contribution in [0.4, 0.5) is 0 Å². The third kappa shape index (κ3) is 2.02. The van der Waals surface area contributed by atoms with Crippen LogP contribution in [0.2, 0.25) is 0 Å². The van der Waals surface area contributed by atoms with Gasteiger partial charge < -0.3 is 5.32 Å². The molecule has 92 valence electrons. The Morgan fingerprint density at radius 1 is 1.33 bits per heavy atom. The molecule has 2 atom stereocenters. The lowest BCUT2D eigenvalue weighted by Gasteiger charge is -2.28. The van der Waals surface area contributed by atoms with E-state index in [0.29, 0.717) is 23.3 Å². The van der Waals surface area contributed by atoms with Gasteiger partial charge in [-0.25, -0.2) is 4.98 Å². The molecule has 1 N–H and O–H groups in total. The molecule has 0 spiro atoms. The van der Waals surface area contributed by atoms with Gasteiger partial charge in [-0.3, -0.25) is 4.79 Å². The molecule has 1 aromatic rings. The zero-order chi connectivity index (χ0) is 12.5.